The van der Waals surface area contributed by atoms with Crippen LogP contribution in [0.4, 0.5) is 13.2 Å². The van der Waals surface area contributed by atoms with Crippen molar-refractivity contribution in [3.8, 4) is 0 Å². The van der Waals surface area contributed by atoms with Gasteiger partial charge in [0.05, 0.1) is 31.5 Å². The van der Waals surface area contributed by atoms with E-state index in [1.54, 1.807) is 0 Å². The number of ether oxygens (including phenoxy) is 1. The molecule has 0 saturated heterocycles. The van der Waals surface area contributed by atoms with Gasteiger partial charge in [-0.2, -0.15) is 13.2 Å². The van der Waals surface area contributed by atoms with Gasteiger partial charge in [-0.3, -0.25) is 9.88 Å². The van der Waals surface area contributed by atoms with E-state index in [9.17, 15) is 18.0 Å². The molecule has 5 nitrogen and oxygen atoms in total. The lowest BCUT2D eigenvalue weighted by Gasteiger charge is -2.22. The van der Waals surface area contributed by atoms with Crippen LogP contribution in [0.25, 0.3) is 0 Å². The molecule has 0 aliphatic heterocycles. The number of rotatable bonds is 6. The summed E-state index contributed by atoms with van der Waals surface area (Å²) in [5.74, 6) is -0.563. The van der Waals surface area contributed by atoms with Crippen molar-refractivity contribution >= 4 is 5.97 Å². The molecule has 1 aromatic rings. The number of pyridine rings is 1. The van der Waals surface area contributed by atoms with Crippen LogP contribution >= 0.6 is 0 Å². The van der Waals surface area contributed by atoms with Crippen molar-refractivity contribution in [2.75, 3.05) is 26.8 Å². The van der Waals surface area contributed by atoms with E-state index in [1.165, 1.54) is 25.4 Å². The zero-order valence-corrected chi connectivity index (χ0v) is 10.9. The molecule has 0 radical (unpaired) electrons. The highest BCUT2D eigenvalue weighted by molar-refractivity contribution is 5.88. The van der Waals surface area contributed by atoms with E-state index < -0.39 is 18.7 Å². The van der Waals surface area contributed by atoms with Gasteiger partial charge < -0.3 is 9.84 Å². The van der Waals surface area contributed by atoms with E-state index in [0.29, 0.717) is 5.69 Å². The quantitative estimate of drug-likeness (QED) is 0.799. The predicted octanol–water partition coefficient (Wildman–Crippen LogP) is 1.22. The number of hydrogen-bond donors (Lipinski definition) is 1. The van der Waals surface area contributed by atoms with Gasteiger partial charge in [-0.05, 0) is 12.1 Å². The molecule has 0 amide bonds. The zero-order chi connectivity index (χ0) is 15.2. The van der Waals surface area contributed by atoms with E-state index in [-0.39, 0.29) is 25.3 Å². The molecule has 20 heavy (non-hydrogen) atoms. The second-order valence-electron chi connectivity index (χ2n) is 4.08. The van der Waals surface area contributed by atoms with Crippen molar-refractivity contribution in [2.24, 2.45) is 0 Å². The number of methoxy groups -OCH3 is 1. The van der Waals surface area contributed by atoms with Gasteiger partial charge in [0.15, 0.2) is 0 Å². The number of esters is 1. The second kappa shape index (κ2) is 7.20. The number of carbonyl (C=O) groups excluding carboxylic acids is 1. The fourth-order valence-corrected chi connectivity index (χ4v) is 1.59. The molecular weight excluding hydrogens is 277 g/mol. The van der Waals surface area contributed by atoms with E-state index in [0.717, 1.165) is 4.90 Å². The molecule has 0 unspecified atom stereocenters. The lowest BCUT2D eigenvalue weighted by atomic mass is 10.2. The molecular formula is C12H15F3N2O3. The summed E-state index contributed by atoms with van der Waals surface area (Å²) >= 11 is 0. The smallest absolute Gasteiger partial charge is 0.401 e. The average Bonchev–Trinajstić information content (AvgIpc) is 2.37. The van der Waals surface area contributed by atoms with Gasteiger partial charge in [0.2, 0.25) is 0 Å². The number of halogens is 3. The maximum absolute atomic E-state index is 12.3. The summed E-state index contributed by atoms with van der Waals surface area (Å²) in [6.45, 7) is -1.69. The summed E-state index contributed by atoms with van der Waals surface area (Å²) in [4.78, 5) is 16.1. The molecule has 0 aliphatic rings. The van der Waals surface area contributed by atoms with Gasteiger partial charge in [0.1, 0.15) is 0 Å². The lowest BCUT2D eigenvalue weighted by molar-refractivity contribution is -0.148. The molecule has 0 spiro atoms. The SMILES string of the molecule is COC(=O)c1ccc(CN(CCO)CC(F)(F)F)nc1. The summed E-state index contributed by atoms with van der Waals surface area (Å²) in [7, 11) is 1.22. The zero-order valence-electron chi connectivity index (χ0n) is 10.9. The maximum Gasteiger partial charge on any atom is 0.401 e. The van der Waals surface area contributed by atoms with Gasteiger partial charge in [-0.1, -0.05) is 0 Å². The highest BCUT2D eigenvalue weighted by atomic mass is 19.4. The van der Waals surface area contributed by atoms with E-state index >= 15 is 0 Å². The van der Waals surface area contributed by atoms with Crippen molar-refractivity contribution in [3.63, 3.8) is 0 Å². The summed E-state index contributed by atoms with van der Waals surface area (Å²) in [6.07, 6.45) is -3.10. The van der Waals surface area contributed by atoms with Gasteiger partial charge >= 0.3 is 12.1 Å². The fraction of sp³-hybridized carbons (Fsp3) is 0.500. The highest BCUT2D eigenvalue weighted by Crippen LogP contribution is 2.17. The van der Waals surface area contributed by atoms with Crippen molar-refractivity contribution in [3.05, 3.63) is 29.6 Å². The minimum atomic E-state index is -4.35. The monoisotopic (exact) mass is 292 g/mol. The molecule has 1 rings (SSSR count). The molecule has 0 fully saturated rings. The molecule has 1 aromatic heterocycles. The molecule has 0 atom stereocenters. The summed E-state index contributed by atoms with van der Waals surface area (Å²) < 4.78 is 41.5. The minimum absolute atomic E-state index is 0.0679. The Balaban J connectivity index is 2.71. The molecule has 0 aromatic carbocycles. The average molecular weight is 292 g/mol. The second-order valence-corrected chi connectivity index (χ2v) is 4.08. The first-order chi connectivity index (χ1) is 9.35. The number of aromatic nitrogens is 1. The van der Waals surface area contributed by atoms with E-state index in [1.807, 2.05) is 0 Å². The van der Waals surface area contributed by atoms with Crippen LogP contribution in [0.3, 0.4) is 0 Å². The van der Waals surface area contributed by atoms with Crippen LogP contribution in [-0.4, -0.2) is 53.9 Å². The van der Waals surface area contributed by atoms with Gasteiger partial charge in [0, 0.05) is 19.3 Å². The Labute approximate surface area is 114 Å². The van der Waals surface area contributed by atoms with Crippen LogP contribution in [0.5, 0.6) is 0 Å². The van der Waals surface area contributed by atoms with Gasteiger partial charge in [-0.25, -0.2) is 4.79 Å². The van der Waals surface area contributed by atoms with Crippen LogP contribution in [0.1, 0.15) is 16.1 Å². The summed E-state index contributed by atoms with van der Waals surface area (Å²) in [5, 5.41) is 8.77. The number of aliphatic hydroxyl groups excluding tert-OH is 1. The number of nitrogens with zero attached hydrogens (tertiary/aromatic N) is 2. The Morgan fingerprint density at radius 1 is 1.45 bits per heavy atom. The fourth-order valence-electron chi connectivity index (χ4n) is 1.59. The maximum atomic E-state index is 12.3. The van der Waals surface area contributed by atoms with Crippen LogP contribution in [0.2, 0.25) is 0 Å². The van der Waals surface area contributed by atoms with Crippen molar-refractivity contribution in [2.45, 2.75) is 12.7 Å². The van der Waals surface area contributed by atoms with Crippen LogP contribution < -0.4 is 0 Å². The molecule has 112 valence electrons. The topological polar surface area (TPSA) is 62.7 Å². The van der Waals surface area contributed by atoms with Crippen LogP contribution in [0.15, 0.2) is 18.3 Å². The third kappa shape index (κ3) is 5.54. The van der Waals surface area contributed by atoms with Gasteiger partial charge in [0.25, 0.3) is 0 Å². The molecule has 8 heteroatoms. The number of alkyl halides is 3. The highest BCUT2D eigenvalue weighted by Gasteiger charge is 2.30. The van der Waals surface area contributed by atoms with E-state index in [4.69, 9.17) is 5.11 Å². The number of carbonyl (C=O) groups is 1. The first-order valence-electron chi connectivity index (χ1n) is 5.79. The number of aliphatic hydroxyl groups is 1. The van der Waals surface area contributed by atoms with Gasteiger partial charge in [-0.15, -0.1) is 0 Å². The summed E-state index contributed by atoms with van der Waals surface area (Å²) in [5.41, 5.74) is 0.594. The largest absolute Gasteiger partial charge is 0.465 e. The predicted molar refractivity (Wildman–Crippen MR) is 64.0 cm³/mol. The minimum Gasteiger partial charge on any atom is -0.465 e. The molecule has 0 bridgehead atoms. The summed E-state index contributed by atoms with van der Waals surface area (Å²) in [6, 6.07) is 2.88. The van der Waals surface area contributed by atoms with Crippen molar-refractivity contribution in [1.82, 2.24) is 9.88 Å². The lowest BCUT2D eigenvalue weighted by Crippen LogP contribution is -2.36. The van der Waals surface area contributed by atoms with Crippen molar-refractivity contribution < 1.29 is 27.8 Å². The Kier molecular flexibility index (Phi) is 5.90. The molecule has 1 N–H and O–H groups in total. The molecule has 0 aliphatic carbocycles. The standard InChI is InChI=1S/C12H15F3N2O3/c1-20-11(19)9-2-3-10(16-6-9)7-17(4-5-18)8-12(13,14)15/h2-3,6,18H,4-5,7-8H2,1H3. The third-order valence-electron chi connectivity index (χ3n) is 2.45. The first-order valence-corrected chi connectivity index (χ1v) is 5.79. The van der Waals surface area contributed by atoms with Crippen LogP contribution in [0, 0.1) is 0 Å². The van der Waals surface area contributed by atoms with Crippen molar-refractivity contribution in [1.29, 1.82) is 0 Å². The van der Waals surface area contributed by atoms with E-state index in [2.05, 4.69) is 9.72 Å². The number of hydrogen-bond acceptors (Lipinski definition) is 5. The Morgan fingerprint density at radius 3 is 2.60 bits per heavy atom. The Bertz CT molecular complexity index is 435. The molecule has 0 saturated carbocycles. The third-order valence-corrected chi connectivity index (χ3v) is 2.45. The van der Waals surface area contributed by atoms with Crippen LogP contribution in [-0.2, 0) is 11.3 Å². The Hall–Kier alpha value is -1.67. The first kappa shape index (κ1) is 16.4. The normalized spacial score (nSPS) is 11.7. The Morgan fingerprint density at radius 2 is 2.15 bits per heavy atom. The molecule has 1 heterocycles.